The van der Waals surface area contributed by atoms with Gasteiger partial charge in [-0.3, -0.25) is 4.79 Å². The third-order valence-electron chi connectivity index (χ3n) is 5.72. The third-order valence-corrected chi connectivity index (χ3v) is 5.72. The molecule has 29 heavy (non-hydrogen) atoms. The molecule has 0 aliphatic carbocycles. The fourth-order valence-corrected chi connectivity index (χ4v) is 3.83. The third kappa shape index (κ3) is 4.86. The average Bonchev–Trinajstić information content (AvgIpc) is 2.78. The van der Waals surface area contributed by atoms with Crippen molar-refractivity contribution in [3.63, 3.8) is 0 Å². The molecule has 0 saturated heterocycles. The molecule has 3 nitrogen and oxygen atoms in total. The fourth-order valence-electron chi connectivity index (χ4n) is 3.83. The summed E-state index contributed by atoms with van der Waals surface area (Å²) in [5, 5.41) is 3.46. The maximum Gasteiger partial charge on any atom is 0.227 e. The second-order valence-electron chi connectivity index (χ2n) is 7.73. The fraction of sp³-hybridized carbons (Fsp3) is 0.269. The van der Waals surface area contributed by atoms with Crippen molar-refractivity contribution >= 4 is 11.6 Å². The summed E-state index contributed by atoms with van der Waals surface area (Å²) in [5.41, 5.74) is 7.42. The Bertz CT molecular complexity index is 961. The molecular formula is C26H28N2O. The number of rotatable bonds is 6. The van der Waals surface area contributed by atoms with Gasteiger partial charge in [0, 0.05) is 25.3 Å². The lowest BCUT2D eigenvalue weighted by atomic mass is 9.99. The second-order valence-corrected chi connectivity index (χ2v) is 7.73. The molecule has 148 valence electrons. The molecule has 1 amide bonds. The van der Waals surface area contributed by atoms with E-state index in [0.717, 1.165) is 43.7 Å². The Hall–Kier alpha value is -3.07. The van der Waals surface area contributed by atoms with Gasteiger partial charge >= 0.3 is 0 Å². The average molecular weight is 385 g/mol. The molecule has 0 fully saturated rings. The smallest absolute Gasteiger partial charge is 0.227 e. The molecule has 0 bridgehead atoms. The first-order valence-corrected chi connectivity index (χ1v) is 10.5. The molecule has 0 saturated carbocycles. The zero-order valence-electron chi connectivity index (χ0n) is 17.0. The van der Waals surface area contributed by atoms with E-state index in [0.29, 0.717) is 6.42 Å². The number of hydrogen-bond donors (Lipinski definition) is 1. The van der Waals surface area contributed by atoms with E-state index in [1.54, 1.807) is 0 Å². The van der Waals surface area contributed by atoms with Gasteiger partial charge in [0.1, 0.15) is 0 Å². The van der Waals surface area contributed by atoms with Gasteiger partial charge in [0.25, 0.3) is 0 Å². The number of hydrogen-bond acceptors (Lipinski definition) is 2. The molecule has 0 aromatic heterocycles. The largest absolute Gasteiger partial charge is 0.381 e. The number of carbonyl (C=O) groups is 1. The minimum atomic E-state index is 0.205. The van der Waals surface area contributed by atoms with Crippen molar-refractivity contribution in [3.8, 4) is 0 Å². The van der Waals surface area contributed by atoms with Crippen LogP contribution in [0.15, 0.2) is 72.8 Å². The van der Waals surface area contributed by atoms with Gasteiger partial charge in [-0.1, -0.05) is 67.6 Å². The Balaban J connectivity index is 1.30. The van der Waals surface area contributed by atoms with Crippen LogP contribution in [-0.4, -0.2) is 17.4 Å². The molecule has 3 heteroatoms. The minimum Gasteiger partial charge on any atom is -0.381 e. The quantitative estimate of drug-likeness (QED) is 0.649. The van der Waals surface area contributed by atoms with E-state index < -0.39 is 0 Å². The normalized spacial score (nSPS) is 13.1. The molecule has 3 aromatic rings. The number of nitrogens with one attached hydrogen (secondary N) is 1. The van der Waals surface area contributed by atoms with Gasteiger partial charge in [-0.05, 0) is 52.8 Å². The maximum absolute atomic E-state index is 12.7. The number of amides is 1. The Morgan fingerprint density at radius 1 is 0.862 bits per heavy atom. The molecule has 0 spiro atoms. The first-order chi connectivity index (χ1) is 14.2. The van der Waals surface area contributed by atoms with Crippen LogP contribution in [0.3, 0.4) is 0 Å². The van der Waals surface area contributed by atoms with Gasteiger partial charge in [0.05, 0.1) is 6.42 Å². The Morgan fingerprint density at radius 3 is 2.24 bits per heavy atom. The molecule has 1 aliphatic heterocycles. The summed E-state index contributed by atoms with van der Waals surface area (Å²) in [6, 6.07) is 25.4. The molecule has 4 rings (SSSR count). The van der Waals surface area contributed by atoms with E-state index in [4.69, 9.17) is 0 Å². The van der Waals surface area contributed by atoms with Crippen LogP contribution in [0.25, 0.3) is 0 Å². The Kier molecular flexibility index (Phi) is 5.95. The van der Waals surface area contributed by atoms with E-state index in [9.17, 15) is 4.79 Å². The molecule has 0 atom stereocenters. The molecular weight excluding hydrogens is 356 g/mol. The summed E-state index contributed by atoms with van der Waals surface area (Å²) < 4.78 is 0. The predicted molar refractivity (Wildman–Crippen MR) is 119 cm³/mol. The van der Waals surface area contributed by atoms with Gasteiger partial charge < -0.3 is 10.2 Å². The van der Waals surface area contributed by atoms with Crippen LogP contribution in [0.2, 0.25) is 0 Å². The first kappa shape index (κ1) is 19.3. The first-order valence-electron chi connectivity index (χ1n) is 10.5. The van der Waals surface area contributed by atoms with Crippen molar-refractivity contribution in [1.29, 1.82) is 0 Å². The number of fused-ring (bicyclic) bond motifs is 1. The van der Waals surface area contributed by atoms with Crippen molar-refractivity contribution in [1.82, 2.24) is 4.90 Å². The van der Waals surface area contributed by atoms with E-state index in [2.05, 4.69) is 85.0 Å². The number of carbonyl (C=O) groups excluding carboxylic acids is 1. The lowest BCUT2D eigenvalue weighted by Crippen LogP contribution is -2.36. The van der Waals surface area contributed by atoms with Gasteiger partial charge in [0.15, 0.2) is 0 Å². The summed E-state index contributed by atoms with van der Waals surface area (Å²) in [6.07, 6.45) is 2.47. The summed E-state index contributed by atoms with van der Waals surface area (Å²) >= 11 is 0. The zero-order valence-corrected chi connectivity index (χ0v) is 17.0. The molecule has 1 aliphatic rings. The van der Waals surface area contributed by atoms with Crippen LogP contribution in [0, 0.1) is 0 Å². The van der Waals surface area contributed by atoms with E-state index in [1.807, 2.05) is 4.90 Å². The number of benzene rings is 3. The van der Waals surface area contributed by atoms with Crippen molar-refractivity contribution in [2.45, 2.75) is 39.3 Å². The van der Waals surface area contributed by atoms with Crippen molar-refractivity contribution in [2.24, 2.45) is 0 Å². The van der Waals surface area contributed by atoms with Crippen LogP contribution >= 0.6 is 0 Å². The highest BCUT2D eigenvalue weighted by atomic mass is 16.2. The number of anilines is 1. The summed E-state index contributed by atoms with van der Waals surface area (Å²) in [5.74, 6) is 0.205. The van der Waals surface area contributed by atoms with Crippen LogP contribution in [0.1, 0.15) is 34.7 Å². The van der Waals surface area contributed by atoms with Crippen LogP contribution in [0.4, 0.5) is 5.69 Å². The highest BCUT2D eigenvalue weighted by Crippen LogP contribution is 2.20. The highest BCUT2D eigenvalue weighted by Gasteiger charge is 2.20. The van der Waals surface area contributed by atoms with Crippen molar-refractivity contribution in [3.05, 3.63) is 101 Å². The summed E-state index contributed by atoms with van der Waals surface area (Å²) in [7, 11) is 0. The van der Waals surface area contributed by atoms with Gasteiger partial charge in [-0.25, -0.2) is 0 Å². The molecule has 1 N–H and O–H groups in total. The molecule has 3 aromatic carbocycles. The Labute approximate surface area is 173 Å². The monoisotopic (exact) mass is 384 g/mol. The number of aryl methyl sites for hydroxylation is 1. The second kappa shape index (κ2) is 8.95. The van der Waals surface area contributed by atoms with Gasteiger partial charge in [-0.15, -0.1) is 0 Å². The molecule has 0 radical (unpaired) electrons. The maximum atomic E-state index is 12.7. The topological polar surface area (TPSA) is 32.3 Å². The Morgan fingerprint density at radius 2 is 1.52 bits per heavy atom. The van der Waals surface area contributed by atoms with E-state index >= 15 is 0 Å². The van der Waals surface area contributed by atoms with Gasteiger partial charge in [0.2, 0.25) is 5.91 Å². The lowest BCUT2D eigenvalue weighted by molar-refractivity contribution is -0.131. The zero-order chi connectivity index (χ0) is 20.1. The van der Waals surface area contributed by atoms with Crippen molar-refractivity contribution < 1.29 is 4.79 Å². The van der Waals surface area contributed by atoms with E-state index in [-0.39, 0.29) is 5.91 Å². The SMILES string of the molecule is CCc1ccc(CNc2ccc(CC(=O)N3CCc4ccccc4C3)cc2)cc1. The van der Waals surface area contributed by atoms with Crippen molar-refractivity contribution in [2.75, 3.05) is 11.9 Å². The summed E-state index contributed by atoms with van der Waals surface area (Å²) in [6.45, 7) is 4.51. The molecule has 0 unspecified atom stereocenters. The lowest BCUT2D eigenvalue weighted by Gasteiger charge is -2.29. The number of nitrogens with zero attached hydrogens (tertiary/aromatic N) is 1. The summed E-state index contributed by atoms with van der Waals surface area (Å²) in [4.78, 5) is 14.7. The van der Waals surface area contributed by atoms with Crippen LogP contribution in [0.5, 0.6) is 0 Å². The van der Waals surface area contributed by atoms with Crippen LogP contribution < -0.4 is 5.32 Å². The minimum absolute atomic E-state index is 0.205. The van der Waals surface area contributed by atoms with Crippen LogP contribution in [-0.2, 0) is 37.1 Å². The van der Waals surface area contributed by atoms with Gasteiger partial charge in [-0.2, -0.15) is 0 Å². The standard InChI is InChI=1S/C26H28N2O/c1-2-20-7-9-22(10-8-20)18-27-25-13-11-21(12-14-25)17-26(29)28-16-15-23-5-3-4-6-24(23)19-28/h3-14,27H,2,15-19H2,1H3. The highest BCUT2D eigenvalue weighted by molar-refractivity contribution is 5.79. The molecule has 1 heterocycles. The predicted octanol–water partition coefficient (Wildman–Crippen LogP) is 4.99. The van der Waals surface area contributed by atoms with E-state index in [1.165, 1.54) is 22.3 Å².